The van der Waals surface area contributed by atoms with Crippen molar-refractivity contribution in [1.82, 2.24) is 0 Å². The van der Waals surface area contributed by atoms with Gasteiger partial charge >= 0.3 is 26.2 Å². The summed E-state index contributed by atoms with van der Waals surface area (Å²) in [7, 11) is 0. The molecule has 0 saturated carbocycles. The van der Waals surface area contributed by atoms with E-state index in [1.165, 1.54) is 54.9 Å². The Morgan fingerprint density at radius 2 is 1.05 bits per heavy atom. The SMILES string of the molecule is Cc1cc2c(C3=CC=CCC3=S)cccc2[cH-]1.Cc1cc2c(C3=CC=CCC3=S)cccc2[cH-]1.[Cl-].[Cl-].[Zr+4]. The third-order valence-corrected chi connectivity index (χ3v) is 7.15. The van der Waals surface area contributed by atoms with Crippen LogP contribution in [0.2, 0.25) is 0 Å². The van der Waals surface area contributed by atoms with E-state index in [-0.39, 0.29) is 51.0 Å². The van der Waals surface area contributed by atoms with Crippen LogP contribution in [-0.4, -0.2) is 9.73 Å². The second-order valence-corrected chi connectivity index (χ2v) is 9.94. The topological polar surface area (TPSA) is 0 Å². The first-order valence-electron chi connectivity index (χ1n) is 11.6. The van der Waals surface area contributed by atoms with Crippen LogP contribution in [0.4, 0.5) is 0 Å². The molecular weight excluding hydrogens is 611 g/mol. The maximum atomic E-state index is 5.46. The number of rotatable bonds is 2. The van der Waals surface area contributed by atoms with Crippen molar-refractivity contribution in [1.29, 1.82) is 0 Å². The summed E-state index contributed by atoms with van der Waals surface area (Å²) in [6, 6.07) is 21.8. The number of halogens is 2. The number of benzene rings is 2. The van der Waals surface area contributed by atoms with Crippen LogP contribution in [0.5, 0.6) is 0 Å². The van der Waals surface area contributed by atoms with Crippen molar-refractivity contribution < 1.29 is 51.0 Å². The molecule has 0 heterocycles. The zero-order valence-corrected chi connectivity index (χ0v) is 26.3. The standard InChI is InChI=1S/2C16H13S.2ClH.Zr/c2*1-11-9-12-5-4-7-13(15(12)10-11)14-6-2-3-8-16(14)17;;;/h2*2-7,9-10H,8H2,1H3;2*1H;/q2*-1;;;+4/p-2. The first-order chi connectivity index (χ1) is 16.5. The molecule has 0 unspecified atom stereocenters. The van der Waals surface area contributed by atoms with Crippen molar-refractivity contribution in [3.63, 3.8) is 0 Å². The first-order valence-corrected chi connectivity index (χ1v) is 12.5. The molecule has 0 amide bonds. The van der Waals surface area contributed by atoms with Crippen LogP contribution in [0.3, 0.4) is 0 Å². The van der Waals surface area contributed by atoms with Gasteiger partial charge in [-0.1, -0.05) is 98.0 Å². The molecule has 6 rings (SSSR count). The van der Waals surface area contributed by atoms with E-state index >= 15 is 0 Å². The molecule has 2 aliphatic rings. The molecule has 0 fully saturated rings. The van der Waals surface area contributed by atoms with Crippen molar-refractivity contribution in [2.24, 2.45) is 0 Å². The van der Waals surface area contributed by atoms with Gasteiger partial charge < -0.3 is 24.8 Å². The Balaban J connectivity index is 0.000000241. The Bertz CT molecular complexity index is 1440. The smallest absolute Gasteiger partial charge is 1.00 e. The molecule has 0 aromatic heterocycles. The monoisotopic (exact) mass is 634 g/mol. The Morgan fingerprint density at radius 3 is 1.43 bits per heavy atom. The quantitative estimate of drug-likeness (QED) is 0.245. The van der Waals surface area contributed by atoms with Crippen molar-refractivity contribution in [3.8, 4) is 0 Å². The molecule has 184 valence electrons. The van der Waals surface area contributed by atoms with Gasteiger partial charge in [-0.15, -0.1) is 69.1 Å². The number of allylic oxidation sites excluding steroid dienone is 8. The summed E-state index contributed by atoms with van der Waals surface area (Å²) in [6.07, 6.45) is 14.4. The van der Waals surface area contributed by atoms with Crippen LogP contribution >= 0.6 is 24.4 Å². The van der Waals surface area contributed by atoms with Gasteiger partial charge in [-0.25, -0.2) is 0 Å². The van der Waals surface area contributed by atoms with Crippen LogP contribution in [0.1, 0.15) is 35.1 Å². The molecule has 0 bridgehead atoms. The molecule has 0 atom stereocenters. The fourth-order valence-corrected chi connectivity index (χ4v) is 5.35. The predicted molar refractivity (Wildman–Crippen MR) is 157 cm³/mol. The third-order valence-electron chi connectivity index (χ3n) is 6.38. The Hall–Kier alpha value is -1.74. The van der Waals surface area contributed by atoms with Crippen LogP contribution < -0.4 is 24.8 Å². The fourth-order valence-electron chi connectivity index (χ4n) is 4.80. The summed E-state index contributed by atoms with van der Waals surface area (Å²) in [4.78, 5) is 2.08. The van der Waals surface area contributed by atoms with Crippen molar-refractivity contribution in [2.75, 3.05) is 0 Å². The number of thiocarbonyl (C=S) groups is 2. The van der Waals surface area contributed by atoms with E-state index < -0.39 is 0 Å². The van der Waals surface area contributed by atoms with E-state index in [0.717, 1.165) is 22.6 Å². The Labute approximate surface area is 261 Å². The number of aryl methyl sites for hydroxylation is 2. The van der Waals surface area contributed by atoms with Gasteiger partial charge in [0.15, 0.2) is 0 Å². The molecule has 0 aliphatic heterocycles. The molecule has 5 heteroatoms. The predicted octanol–water partition coefficient (Wildman–Crippen LogP) is 3.17. The van der Waals surface area contributed by atoms with Crippen LogP contribution in [0.15, 0.2) is 97.1 Å². The zero-order chi connectivity index (χ0) is 23.7. The number of hydrogen-bond donors (Lipinski definition) is 0. The van der Waals surface area contributed by atoms with Gasteiger partial charge in [-0.2, -0.15) is 12.1 Å². The molecule has 0 radical (unpaired) electrons. The normalized spacial score (nSPS) is 14.1. The van der Waals surface area contributed by atoms with Crippen LogP contribution in [-0.2, 0) is 26.2 Å². The molecule has 37 heavy (non-hydrogen) atoms. The molecule has 0 saturated heterocycles. The second kappa shape index (κ2) is 13.9. The van der Waals surface area contributed by atoms with Crippen molar-refractivity contribution >= 4 is 66.9 Å². The van der Waals surface area contributed by atoms with E-state index in [2.05, 4.69) is 111 Å². The zero-order valence-electron chi connectivity index (χ0n) is 20.7. The van der Waals surface area contributed by atoms with E-state index in [1.807, 2.05) is 0 Å². The fraction of sp³-hybridized carbons (Fsp3) is 0.125. The van der Waals surface area contributed by atoms with E-state index in [0.29, 0.717) is 0 Å². The average Bonchev–Trinajstić information content (AvgIpc) is 3.41. The first kappa shape index (κ1) is 31.5. The summed E-state index contributed by atoms with van der Waals surface area (Å²) >= 11 is 10.9. The number of fused-ring (bicyclic) bond motifs is 2. The van der Waals surface area contributed by atoms with Crippen LogP contribution in [0.25, 0.3) is 32.7 Å². The summed E-state index contributed by atoms with van der Waals surface area (Å²) in [5, 5.41) is 5.24. The molecular formula is C32H26Cl2S2Zr. The Kier molecular flexibility index (Phi) is 11.8. The molecule has 2 aliphatic carbocycles. The van der Waals surface area contributed by atoms with Gasteiger partial charge in [0.1, 0.15) is 0 Å². The van der Waals surface area contributed by atoms with Gasteiger partial charge in [0.25, 0.3) is 0 Å². The minimum atomic E-state index is 0. The minimum Gasteiger partial charge on any atom is -1.00 e. The van der Waals surface area contributed by atoms with Gasteiger partial charge in [0.2, 0.25) is 0 Å². The van der Waals surface area contributed by atoms with E-state index in [9.17, 15) is 0 Å². The minimum absolute atomic E-state index is 0. The van der Waals surface area contributed by atoms with Gasteiger partial charge in [0.05, 0.1) is 0 Å². The van der Waals surface area contributed by atoms with Crippen molar-refractivity contribution in [2.45, 2.75) is 26.7 Å². The molecule has 0 nitrogen and oxygen atoms in total. The molecule has 0 spiro atoms. The third kappa shape index (κ3) is 6.83. The summed E-state index contributed by atoms with van der Waals surface area (Å²) in [6.45, 7) is 4.27. The van der Waals surface area contributed by atoms with Crippen molar-refractivity contribution in [3.05, 3.63) is 119 Å². The molecule has 0 N–H and O–H groups in total. The second-order valence-electron chi connectivity index (χ2n) is 8.95. The maximum absolute atomic E-state index is 5.46. The molecule has 4 aromatic rings. The summed E-state index contributed by atoms with van der Waals surface area (Å²) in [5.74, 6) is 0. The largest absolute Gasteiger partial charge is 4.00 e. The Morgan fingerprint density at radius 1 is 0.649 bits per heavy atom. The number of hydrogen-bond acceptors (Lipinski definition) is 2. The van der Waals surface area contributed by atoms with Gasteiger partial charge in [0, 0.05) is 22.6 Å². The van der Waals surface area contributed by atoms with E-state index in [1.54, 1.807) is 0 Å². The average molecular weight is 637 g/mol. The van der Waals surface area contributed by atoms with Gasteiger partial charge in [-0.3, -0.25) is 0 Å². The van der Waals surface area contributed by atoms with Gasteiger partial charge in [-0.05, 0) is 11.1 Å². The molecule has 4 aromatic carbocycles. The summed E-state index contributed by atoms with van der Waals surface area (Å²) in [5.41, 5.74) is 7.57. The summed E-state index contributed by atoms with van der Waals surface area (Å²) < 4.78 is 0. The van der Waals surface area contributed by atoms with Crippen LogP contribution in [0, 0.1) is 13.8 Å². The van der Waals surface area contributed by atoms with E-state index in [4.69, 9.17) is 24.4 Å². The maximum Gasteiger partial charge on any atom is 4.00 e.